The third-order valence-corrected chi connectivity index (χ3v) is 3.77. The molecule has 0 fully saturated rings. The highest BCUT2D eigenvalue weighted by Gasteiger charge is 2.12. The molecule has 7 heteroatoms. The Morgan fingerprint density at radius 1 is 0.885 bits per heavy atom. The maximum Gasteiger partial charge on any atom is 0.222 e. The Balaban J connectivity index is 2.12. The highest BCUT2D eigenvalue weighted by atomic mass is 16.5. The van der Waals surface area contributed by atoms with E-state index >= 15 is 0 Å². The van der Waals surface area contributed by atoms with Gasteiger partial charge in [-0.3, -0.25) is 0 Å². The van der Waals surface area contributed by atoms with Crippen LogP contribution in [0.3, 0.4) is 0 Å². The fourth-order valence-electron chi connectivity index (χ4n) is 2.63. The van der Waals surface area contributed by atoms with E-state index in [9.17, 15) is 0 Å². The Kier molecular flexibility index (Phi) is 4.67. The molecule has 0 aliphatic rings. The summed E-state index contributed by atoms with van der Waals surface area (Å²) in [6.07, 6.45) is 0. The molecular formula is C19H18N4O3. The first-order valence-corrected chi connectivity index (χ1v) is 7.71. The number of fused-ring (bicyclic) bond motifs is 1. The molecule has 0 saturated carbocycles. The van der Waals surface area contributed by atoms with Gasteiger partial charge in [-0.1, -0.05) is 17.9 Å². The second-order valence-electron chi connectivity index (χ2n) is 5.33. The SMILES string of the molecule is COc1cc(C#Cc2cccc3nc(N)nc(N)c23)cc(OC)c1OC. The molecule has 3 rings (SSSR count). The lowest BCUT2D eigenvalue weighted by Gasteiger charge is -2.12. The van der Waals surface area contributed by atoms with Crippen molar-refractivity contribution in [2.24, 2.45) is 0 Å². The highest BCUT2D eigenvalue weighted by molar-refractivity contribution is 5.94. The van der Waals surface area contributed by atoms with Gasteiger partial charge in [0.05, 0.1) is 32.2 Å². The largest absolute Gasteiger partial charge is 0.493 e. The van der Waals surface area contributed by atoms with Crippen LogP contribution in [-0.2, 0) is 0 Å². The molecule has 4 N–H and O–H groups in total. The van der Waals surface area contributed by atoms with Crippen LogP contribution in [0.4, 0.5) is 11.8 Å². The molecule has 7 nitrogen and oxygen atoms in total. The summed E-state index contributed by atoms with van der Waals surface area (Å²) in [5.41, 5.74) is 13.7. The fraction of sp³-hybridized carbons (Fsp3) is 0.158. The molecule has 0 spiro atoms. The molecule has 1 heterocycles. The third kappa shape index (κ3) is 3.13. The predicted octanol–water partition coefficient (Wildman–Crippen LogP) is 2.22. The zero-order chi connectivity index (χ0) is 18.7. The number of hydrogen-bond acceptors (Lipinski definition) is 7. The second kappa shape index (κ2) is 7.07. The van der Waals surface area contributed by atoms with Gasteiger partial charge in [0.25, 0.3) is 0 Å². The van der Waals surface area contributed by atoms with Crippen LogP contribution in [0.15, 0.2) is 30.3 Å². The molecule has 1 aromatic heterocycles. The molecule has 3 aromatic rings. The number of rotatable bonds is 3. The Morgan fingerprint density at radius 3 is 2.19 bits per heavy atom. The molecule has 0 radical (unpaired) electrons. The molecule has 0 aliphatic carbocycles. The zero-order valence-corrected chi connectivity index (χ0v) is 14.7. The maximum absolute atomic E-state index is 6.00. The minimum Gasteiger partial charge on any atom is -0.493 e. The van der Waals surface area contributed by atoms with Crippen LogP contribution in [0, 0.1) is 11.8 Å². The van der Waals surface area contributed by atoms with E-state index in [2.05, 4.69) is 21.8 Å². The highest BCUT2D eigenvalue weighted by Crippen LogP contribution is 2.38. The van der Waals surface area contributed by atoms with E-state index in [1.54, 1.807) is 33.5 Å². The number of hydrogen-bond donors (Lipinski definition) is 2. The molecule has 0 atom stereocenters. The van der Waals surface area contributed by atoms with Crippen molar-refractivity contribution in [3.05, 3.63) is 41.5 Å². The van der Waals surface area contributed by atoms with Gasteiger partial charge in [0.2, 0.25) is 11.7 Å². The number of anilines is 2. The summed E-state index contributed by atoms with van der Waals surface area (Å²) in [5.74, 6) is 8.19. The monoisotopic (exact) mass is 350 g/mol. The van der Waals surface area contributed by atoms with E-state index in [-0.39, 0.29) is 5.95 Å². The van der Waals surface area contributed by atoms with Gasteiger partial charge in [-0.25, -0.2) is 4.98 Å². The Bertz CT molecular complexity index is 1010. The standard InChI is InChI=1S/C19H18N4O3/c1-24-14-9-11(10-15(25-2)17(14)26-3)7-8-12-5-4-6-13-16(12)18(20)23-19(21)22-13/h4-6,9-10H,1-3H3,(H4,20,21,22,23). The number of aromatic nitrogens is 2. The topological polar surface area (TPSA) is 106 Å². The molecule has 0 bridgehead atoms. The van der Waals surface area contributed by atoms with Gasteiger partial charge < -0.3 is 25.7 Å². The molecule has 0 aliphatic heterocycles. The summed E-state index contributed by atoms with van der Waals surface area (Å²) in [6, 6.07) is 9.06. The minimum atomic E-state index is 0.129. The normalized spacial score (nSPS) is 10.1. The summed E-state index contributed by atoms with van der Waals surface area (Å²) in [4.78, 5) is 8.21. The third-order valence-electron chi connectivity index (χ3n) is 3.77. The van der Waals surface area contributed by atoms with E-state index in [1.807, 2.05) is 18.2 Å². The number of nitrogen functional groups attached to an aromatic ring is 2. The van der Waals surface area contributed by atoms with E-state index in [0.717, 1.165) is 0 Å². The molecule has 26 heavy (non-hydrogen) atoms. The molecule has 0 saturated heterocycles. The second-order valence-corrected chi connectivity index (χ2v) is 5.33. The van der Waals surface area contributed by atoms with E-state index in [4.69, 9.17) is 25.7 Å². The molecule has 2 aromatic carbocycles. The lowest BCUT2D eigenvalue weighted by molar-refractivity contribution is 0.324. The summed E-state index contributed by atoms with van der Waals surface area (Å²) in [6.45, 7) is 0. The van der Waals surface area contributed by atoms with Crippen LogP contribution in [0.1, 0.15) is 11.1 Å². The van der Waals surface area contributed by atoms with Crippen LogP contribution in [0.2, 0.25) is 0 Å². The van der Waals surface area contributed by atoms with Crippen molar-refractivity contribution in [3.8, 4) is 29.1 Å². The van der Waals surface area contributed by atoms with Crippen molar-refractivity contribution in [3.63, 3.8) is 0 Å². The first kappa shape index (κ1) is 17.2. The molecule has 0 unspecified atom stereocenters. The lowest BCUT2D eigenvalue weighted by atomic mass is 10.1. The van der Waals surface area contributed by atoms with Gasteiger partial charge in [0, 0.05) is 11.1 Å². The number of nitrogens with two attached hydrogens (primary N) is 2. The minimum absolute atomic E-state index is 0.129. The van der Waals surface area contributed by atoms with Crippen LogP contribution in [-0.4, -0.2) is 31.3 Å². The number of benzene rings is 2. The summed E-state index contributed by atoms with van der Waals surface area (Å²) < 4.78 is 16.0. The van der Waals surface area contributed by atoms with Crippen molar-refractivity contribution < 1.29 is 14.2 Å². The van der Waals surface area contributed by atoms with Gasteiger partial charge in [-0.05, 0) is 24.3 Å². The van der Waals surface area contributed by atoms with Gasteiger partial charge in [0.1, 0.15) is 5.82 Å². The number of methoxy groups -OCH3 is 3. The zero-order valence-electron chi connectivity index (χ0n) is 14.7. The Hall–Kier alpha value is -3.66. The predicted molar refractivity (Wildman–Crippen MR) is 100 cm³/mol. The first-order chi connectivity index (χ1) is 12.6. The van der Waals surface area contributed by atoms with Crippen LogP contribution < -0.4 is 25.7 Å². The van der Waals surface area contributed by atoms with Crippen molar-refractivity contribution in [2.45, 2.75) is 0 Å². The van der Waals surface area contributed by atoms with Crippen LogP contribution >= 0.6 is 0 Å². The lowest BCUT2D eigenvalue weighted by Crippen LogP contribution is -2.01. The molecular weight excluding hydrogens is 332 g/mol. The Labute approximate surface area is 150 Å². The van der Waals surface area contributed by atoms with Crippen molar-refractivity contribution in [1.29, 1.82) is 0 Å². The maximum atomic E-state index is 6.00. The van der Waals surface area contributed by atoms with Crippen LogP contribution in [0.25, 0.3) is 10.9 Å². The van der Waals surface area contributed by atoms with Gasteiger partial charge in [-0.15, -0.1) is 0 Å². The smallest absolute Gasteiger partial charge is 0.222 e. The van der Waals surface area contributed by atoms with Crippen LogP contribution in [0.5, 0.6) is 17.2 Å². The quantitative estimate of drug-likeness (QED) is 0.698. The Morgan fingerprint density at radius 2 is 1.58 bits per heavy atom. The summed E-state index contributed by atoms with van der Waals surface area (Å²) in [5, 5.41) is 0.668. The van der Waals surface area contributed by atoms with Crippen molar-refractivity contribution in [1.82, 2.24) is 9.97 Å². The van der Waals surface area contributed by atoms with Gasteiger partial charge >= 0.3 is 0 Å². The summed E-state index contributed by atoms with van der Waals surface area (Å²) >= 11 is 0. The number of ether oxygens (including phenoxy) is 3. The average Bonchev–Trinajstić information content (AvgIpc) is 2.64. The van der Waals surface area contributed by atoms with E-state index in [0.29, 0.717) is 45.1 Å². The average molecular weight is 350 g/mol. The van der Waals surface area contributed by atoms with Gasteiger partial charge in [-0.2, -0.15) is 4.98 Å². The molecule has 0 amide bonds. The molecule has 132 valence electrons. The van der Waals surface area contributed by atoms with Crippen molar-refractivity contribution >= 4 is 22.7 Å². The number of nitrogens with zero attached hydrogens (tertiary/aromatic N) is 2. The van der Waals surface area contributed by atoms with Gasteiger partial charge in [0.15, 0.2) is 11.5 Å². The first-order valence-electron chi connectivity index (χ1n) is 7.71. The fourth-order valence-corrected chi connectivity index (χ4v) is 2.63. The van der Waals surface area contributed by atoms with E-state index in [1.165, 1.54) is 0 Å². The van der Waals surface area contributed by atoms with Crippen molar-refractivity contribution in [2.75, 3.05) is 32.8 Å². The summed E-state index contributed by atoms with van der Waals surface area (Å²) in [7, 11) is 4.67. The van der Waals surface area contributed by atoms with E-state index < -0.39 is 0 Å².